The maximum Gasteiger partial charge on any atom is 0.311 e. The van der Waals surface area contributed by atoms with Crippen molar-refractivity contribution in [1.29, 1.82) is 0 Å². The fourth-order valence-corrected chi connectivity index (χ4v) is 3.16. The van der Waals surface area contributed by atoms with Gasteiger partial charge >= 0.3 is 5.97 Å². The second-order valence-corrected chi connectivity index (χ2v) is 6.40. The zero-order valence-electron chi connectivity index (χ0n) is 11.5. The Balaban J connectivity index is 1.78. The van der Waals surface area contributed by atoms with Crippen LogP contribution in [0.3, 0.4) is 0 Å². The van der Waals surface area contributed by atoms with E-state index in [2.05, 4.69) is 0 Å². The largest absolute Gasteiger partial charge is 0.481 e. The molecule has 1 aliphatic rings. The average molecular weight is 293 g/mol. The van der Waals surface area contributed by atoms with Gasteiger partial charge in [-0.05, 0) is 18.9 Å². The van der Waals surface area contributed by atoms with Crippen molar-refractivity contribution < 1.29 is 14.7 Å². The summed E-state index contributed by atoms with van der Waals surface area (Å²) in [7, 11) is 0. The lowest BCUT2D eigenvalue weighted by molar-refractivity contribution is -0.147. The summed E-state index contributed by atoms with van der Waals surface area (Å²) < 4.78 is 0. The molecule has 1 saturated heterocycles. The number of benzene rings is 1. The molecule has 5 heteroatoms. The fraction of sp³-hybridized carbons (Fsp3) is 0.467. The molecule has 108 valence electrons. The Labute approximate surface area is 123 Å². The molecule has 2 rings (SSSR count). The molecule has 4 nitrogen and oxygen atoms in total. The Morgan fingerprint density at radius 1 is 1.35 bits per heavy atom. The number of thioether (sulfide) groups is 1. The van der Waals surface area contributed by atoms with Gasteiger partial charge in [-0.2, -0.15) is 0 Å². The van der Waals surface area contributed by atoms with Crippen LogP contribution in [0.25, 0.3) is 0 Å². The molecule has 0 aliphatic carbocycles. The second kappa shape index (κ2) is 6.31. The smallest absolute Gasteiger partial charge is 0.311 e. The summed E-state index contributed by atoms with van der Waals surface area (Å²) in [5.74, 6) is 0.432. The summed E-state index contributed by atoms with van der Waals surface area (Å²) in [5.41, 5.74) is 0.418. The SMILES string of the molecule is CC1(C(=O)O)CCN(C(=O)CSCc2ccccc2)C1. The minimum atomic E-state index is -0.815. The Morgan fingerprint density at radius 2 is 2.05 bits per heavy atom. The molecule has 1 aromatic carbocycles. The number of amides is 1. The minimum absolute atomic E-state index is 0.0379. The van der Waals surface area contributed by atoms with Crippen LogP contribution >= 0.6 is 11.8 Å². The van der Waals surface area contributed by atoms with Crippen LogP contribution in [-0.4, -0.2) is 40.7 Å². The van der Waals surface area contributed by atoms with E-state index in [9.17, 15) is 9.59 Å². The molecule has 1 unspecified atom stereocenters. The summed E-state index contributed by atoms with van der Waals surface area (Å²) >= 11 is 1.57. The highest BCUT2D eigenvalue weighted by Gasteiger charge is 2.41. The quantitative estimate of drug-likeness (QED) is 0.904. The van der Waals surface area contributed by atoms with Crippen LogP contribution in [-0.2, 0) is 15.3 Å². The van der Waals surface area contributed by atoms with Crippen molar-refractivity contribution in [2.24, 2.45) is 5.41 Å². The van der Waals surface area contributed by atoms with Gasteiger partial charge < -0.3 is 10.0 Å². The van der Waals surface area contributed by atoms with Crippen LogP contribution in [0.1, 0.15) is 18.9 Å². The van der Waals surface area contributed by atoms with Crippen molar-refractivity contribution in [3.05, 3.63) is 35.9 Å². The topological polar surface area (TPSA) is 57.6 Å². The maximum atomic E-state index is 12.1. The molecule has 0 saturated carbocycles. The highest BCUT2D eigenvalue weighted by Crippen LogP contribution is 2.30. The first-order chi connectivity index (χ1) is 9.51. The van der Waals surface area contributed by atoms with E-state index in [0.717, 1.165) is 5.75 Å². The first-order valence-electron chi connectivity index (χ1n) is 6.64. The van der Waals surface area contributed by atoms with E-state index >= 15 is 0 Å². The van der Waals surface area contributed by atoms with Crippen LogP contribution in [0.15, 0.2) is 30.3 Å². The molecule has 1 aromatic rings. The van der Waals surface area contributed by atoms with Crippen LogP contribution in [0.5, 0.6) is 0 Å². The molecule has 1 atom stereocenters. The molecule has 0 radical (unpaired) electrons. The Morgan fingerprint density at radius 3 is 2.65 bits per heavy atom. The van der Waals surface area contributed by atoms with Crippen molar-refractivity contribution in [3.63, 3.8) is 0 Å². The standard InChI is InChI=1S/C15H19NO3S/c1-15(14(18)19)7-8-16(11-15)13(17)10-20-9-12-5-3-2-4-6-12/h2-6H,7-11H2,1H3,(H,18,19). The van der Waals surface area contributed by atoms with Crippen molar-refractivity contribution in [1.82, 2.24) is 4.90 Å². The van der Waals surface area contributed by atoms with Gasteiger partial charge in [0.15, 0.2) is 0 Å². The van der Waals surface area contributed by atoms with E-state index in [0.29, 0.717) is 25.3 Å². The van der Waals surface area contributed by atoms with Gasteiger partial charge in [0.1, 0.15) is 0 Å². The molecule has 1 aliphatic heterocycles. The third kappa shape index (κ3) is 3.54. The second-order valence-electron chi connectivity index (χ2n) is 5.41. The molecule has 0 spiro atoms. The Hall–Kier alpha value is -1.49. The number of rotatable bonds is 5. The van der Waals surface area contributed by atoms with E-state index in [4.69, 9.17) is 5.11 Å². The summed E-state index contributed by atoms with van der Waals surface area (Å²) in [6.45, 7) is 2.58. The van der Waals surface area contributed by atoms with E-state index < -0.39 is 11.4 Å². The molecule has 0 aromatic heterocycles. The first-order valence-corrected chi connectivity index (χ1v) is 7.79. The number of carboxylic acids is 1. The monoisotopic (exact) mass is 293 g/mol. The number of nitrogens with zero attached hydrogens (tertiary/aromatic N) is 1. The number of carbonyl (C=O) groups is 2. The number of hydrogen-bond donors (Lipinski definition) is 1. The molecular formula is C15H19NO3S. The average Bonchev–Trinajstić information content (AvgIpc) is 2.84. The summed E-state index contributed by atoms with van der Waals surface area (Å²) in [6.07, 6.45) is 0.539. The predicted molar refractivity (Wildman–Crippen MR) is 79.5 cm³/mol. The van der Waals surface area contributed by atoms with Gasteiger partial charge in [-0.15, -0.1) is 11.8 Å². The Kier molecular flexibility index (Phi) is 4.70. The third-order valence-electron chi connectivity index (χ3n) is 3.68. The highest BCUT2D eigenvalue weighted by molar-refractivity contribution is 7.99. The third-order valence-corrected chi connectivity index (χ3v) is 4.67. The van der Waals surface area contributed by atoms with Gasteiger partial charge in [0.05, 0.1) is 11.2 Å². The zero-order valence-corrected chi connectivity index (χ0v) is 12.4. The number of carbonyl (C=O) groups excluding carboxylic acids is 1. The van der Waals surface area contributed by atoms with Crippen LogP contribution < -0.4 is 0 Å². The normalized spacial score (nSPS) is 21.9. The van der Waals surface area contributed by atoms with Gasteiger partial charge in [-0.3, -0.25) is 9.59 Å². The van der Waals surface area contributed by atoms with E-state index in [1.54, 1.807) is 23.6 Å². The van der Waals surface area contributed by atoms with Crippen molar-refractivity contribution >= 4 is 23.6 Å². The van der Waals surface area contributed by atoms with E-state index in [1.807, 2.05) is 30.3 Å². The van der Waals surface area contributed by atoms with Crippen LogP contribution in [0.2, 0.25) is 0 Å². The van der Waals surface area contributed by atoms with E-state index in [1.165, 1.54) is 5.56 Å². The zero-order chi connectivity index (χ0) is 14.6. The summed E-state index contributed by atoms with van der Waals surface area (Å²) in [6, 6.07) is 10.0. The van der Waals surface area contributed by atoms with Gasteiger partial charge in [0, 0.05) is 18.8 Å². The highest BCUT2D eigenvalue weighted by atomic mass is 32.2. The lowest BCUT2D eigenvalue weighted by Gasteiger charge is -2.20. The van der Waals surface area contributed by atoms with Crippen molar-refractivity contribution in [3.8, 4) is 0 Å². The molecule has 0 bridgehead atoms. The summed E-state index contributed by atoms with van der Waals surface area (Å²) in [5, 5.41) is 9.15. The lowest BCUT2D eigenvalue weighted by Crippen LogP contribution is -2.35. The number of aliphatic carboxylic acids is 1. The van der Waals surface area contributed by atoms with Crippen molar-refractivity contribution in [2.45, 2.75) is 19.1 Å². The minimum Gasteiger partial charge on any atom is -0.481 e. The first kappa shape index (κ1) is 14.9. The molecular weight excluding hydrogens is 274 g/mol. The Bertz CT molecular complexity index is 491. The maximum absolute atomic E-state index is 12.1. The molecule has 1 fully saturated rings. The van der Waals surface area contributed by atoms with Crippen molar-refractivity contribution in [2.75, 3.05) is 18.8 Å². The number of likely N-dealkylation sites (tertiary alicyclic amines) is 1. The predicted octanol–water partition coefficient (Wildman–Crippen LogP) is 2.24. The van der Waals surface area contributed by atoms with Crippen LogP contribution in [0, 0.1) is 5.41 Å². The molecule has 1 amide bonds. The summed E-state index contributed by atoms with van der Waals surface area (Å²) in [4.78, 5) is 24.9. The molecule has 20 heavy (non-hydrogen) atoms. The van der Waals surface area contributed by atoms with Gasteiger partial charge in [-0.1, -0.05) is 30.3 Å². The number of hydrogen-bond acceptors (Lipinski definition) is 3. The van der Waals surface area contributed by atoms with Crippen LogP contribution in [0.4, 0.5) is 0 Å². The fourth-order valence-electron chi connectivity index (χ4n) is 2.27. The molecule has 1 heterocycles. The van der Waals surface area contributed by atoms with E-state index in [-0.39, 0.29) is 5.91 Å². The van der Waals surface area contributed by atoms with Gasteiger partial charge in [0.25, 0.3) is 0 Å². The van der Waals surface area contributed by atoms with Gasteiger partial charge in [0.2, 0.25) is 5.91 Å². The van der Waals surface area contributed by atoms with Gasteiger partial charge in [-0.25, -0.2) is 0 Å². The molecule has 1 N–H and O–H groups in total. The number of carboxylic acid groups (broad SMARTS) is 1. The lowest BCUT2D eigenvalue weighted by atomic mass is 9.90.